The highest BCUT2D eigenvalue weighted by Gasteiger charge is 2.45. The topological polar surface area (TPSA) is 87.8 Å². The zero-order valence-corrected chi connectivity index (χ0v) is 76.0. The lowest BCUT2D eigenvalue weighted by Gasteiger charge is -2.24. The molecule has 0 radical (unpaired) electrons. The largest absolute Gasteiger partial charge is 0.424 e. The number of rotatable bonds is 12. The number of ether oxygens (including phenoxy) is 2. The predicted octanol–water partition coefficient (Wildman–Crippen LogP) is 31.7. The molecule has 0 aliphatic heterocycles. The van der Waals surface area contributed by atoms with Gasteiger partial charge in [0, 0.05) is 77.8 Å². The molecule has 6 aliphatic rings. The number of aromatic nitrogens is 6. The maximum atomic E-state index is 6.85. The van der Waals surface area contributed by atoms with Crippen molar-refractivity contribution in [3.63, 3.8) is 0 Å². The van der Waals surface area contributed by atoms with Gasteiger partial charge in [0.25, 0.3) is 0 Å². The maximum Gasteiger partial charge on any atom is 0.326 e. The minimum Gasteiger partial charge on any atom is -0.424 e. The van der Waals surface area contributed by atoms with Crippen molar-refractivity contribution in [3.8, 4) is 164 Å². The van der Waals surface area contributed by atoms with Crippen LogP contribution in [0.5, 0.6) is 23.5 Å². The van der Waals surface area contributed by atoms with Crippen LogP contribution in [0.15, 0.2) is 382 Å². The van der Waals surface area contributed by atoms with E-state index in [1.807, 2.05) is 18.2 Å². The molecule has 0 saturated carbocycles. The van der Waals surface area contributed by atoms with Crippen LogP contribution >= 0.6 is 0 Å². The molecule has 0 amide bonds. The average Bonchev–Trinajstić information content (AvgIpc) is 1.53. The first-order chi connectivity index (χ1) is 64.6. The molecule has 8 nitrogen and oxygen atoms in total. The third-order valence-corrected chi connectivity index (χ3v) is 30.1. The second-order valence-corrected chi connectivity index (χ2v) is 39.4. The van der Waals surface area contributed by atoms with Crippen molar-refractivity contribution in [3.05, 3.63) is 455 Å². The quantitative estimate of drug-likeness (QED) is 0.120. The number of para-hydroxylation sites is 1. The fraction of sp³-hybridized carbons (Fsp3) is 0.128. The predicted molar refractivity (Wildman–Crippen MR) is 542 cm³/mol. The van der Waals surface area contributed by atoms with Crippen LogP contribution in [0.25, 0.3) is 162 Å². The van der Waals surface area contributed by atoms with E-state index in [-0.39, 0.29) is 39.0 Å². The van der Waals surface area contributed by atoms with Gasteiger partial charge in [-0.15, -0.1) is 0 Å². The Bertz CT molecular complexity index is 7920. The molecule has 0 atom stereocenters. The summed E-state index contributed by atoms with van der Waals surface area (Å²) in [7, 11) is 0. The maximum absolute atomic E-state index is 6.85. The molecule has 0 fully saturated rings. The summed E-state index contributed by atoms with van der Waals surface area (Å²) in [6, 6.07) is 139. The van der Waals surface area contributed by atoms with Gasteiger partial charge in [0.05, 0.1) is 22.4 Å². The average molecular weight is 1710 g/mol. The first-order valence-electron chi connectivity index (χ1n) is 46.4. The molecule has 0 unspecified atom stereocenters. The summed E-state index contributed by atoms with van der Waals surface area (Å²) in [5.74, 6) is 2.45. The van der Waals surface area contributed by atoms with Crippen LogP contribution in [0, 0.1) is 0 Å². The Balaban J connectivity index is 0.000000143. The highest BCUT2D eigenvalue weighted by atomic mass is 16.5. The van der Waals surface area contributed by atoms with Crippen LogP contribution in [-0.4, -0.2) is 29.5 Å². The smallest absolute Gasteiger partial charge is 0.326 e. The van der Waals surface area contributed by atoms with Gasteiger partial charge in [-0.3, -0.25) is 0 Å². The number of benzene rings is 17. The Hall–Kier alpha value is -15.8. The van der Waals surface area contributed by atoms with Crippen molar-refractivity contribution >= 4 is 21.8 Å². The third kappa shape index (κ3) is 12.5. The molecular weight excluding hydrogens is 1620 g/mol. The van der Waals surface area contributed by atoms with Crippen molar-refractivity contribution in [2.24, 2.45) is 0 Å². The summed E-state index contributed by atoms with van der Waals surface area (Å²) in [5.41, 5.74) is 46.0. The Morgan fingerprint density at radius 2 is 0.579 bits per heavy atom. The van der Waals surface area contributed by atoms with E-state index in [4.69, 9.17) is 34.4 Å². The lowest BCUT2D eigenvalue weighted by Crippen LogP contribution is -2.16. The van der Waals surface area contributed by atoms with Gasteiger partial charge in [-0.2, -0.15) is 19.9 Å². The molecule has 17 aromatic carbocycles. The Kier molecular flexibility index (Phi) is 17.7. The molecular formula is C125H94N6O2. The Morgan fingerprint density at radius 3 is 1.05 bits per heavy atom. The molecule has 3 aromatic heterocycles. The van der Waals surface area contributed by atoms with E-state index in [9.17, 15) is 0 Å². The van der Waals surface area contributed by atoms with Crippen LogP contribution in [0.4, 0.5) is 0 Å². The van der Waals surface area contributed by atoms with Crippen LogP contribution in [0.2, 0.25) is 0 Å². The molecule has 26 rings (SSSR count). The molecule has 636 valence electrons. The van der Waals surface area contributed by atoms with Gasteiger partial charge in [-0.1, -0.05) is 373 Å². The van der Waals surface area contributed by atoms with Crippen molar-refractivity contribution in [2.45, 2.75) is 102 Å². The SMILES string of the molecule is CC1(C)c2ccccc2-c2cc3c(cc21)C(c1ccc(Oc2nc(-c4ccc(-c5ccccc5)cc4)nc(-c4ccc(-c5ccccc5)cc4)n2)cc1)c1cc2c(cc1-3)-c1ccccc1C2(C)C.CC1(C)c2ccccc2-c2ccc(-c3cc(-c4ccc5c(c4)C(C)(C)c4ccccc4-5)nc(Oc4cccc(-n5c6ccccc6c6cc7c(cc65)C(C)(C)c5ccccc5-7)c4)n3)cc21. The summed E-state index contributed by atoms with van der Waals surface area (Å²) in [6.45, 7) is 23.5. The number of fused-ring (bicyclic) bond motifs is 21. The molecule has 0 bridgehead atoms. The minimum atomic E-state index is -0.148. The third-order valence-electron chi connectivity index (χ3n) is 30.1. The van der Waals surface area contributed by atoms with Gasteiger partial charge in [-0.05, 0) is 234 Å². The fourth-order valence-electron chi connectivity index (χ4n) is 23.1. The minimum absolute atomic E-state index is 0.0387. The van der Waals surface area contributed by atoms with Crippen molar-refractivity contribution < 1.29 is 9.47 Å². The van der Waals surface area contributed by atoms with E-state index in [1.54, 1.807) is 0 Å². The Labute approximate surface area is 775 Å². The van der Waals surface area contributed by atoms with E-state index in [1.165, 1.54) is 155 Å². The normalized spacial score (nSPS) is 14.8. The zero-order valence-electron chi connectivity index (χ0n) is 76.0. The summed E-state index contributed by atoms with van der Waals surface area (Å²) >= 11 is 0. The summed E-state index contributed by atoms with van der Waals surface area (Å²) in [6.07, 6.45) is 0. The summed E-state index contributed by atoms with van der Waals surface area (Å²) in [4.78, 5) is 25.3. The molecule has 0 saturated heterocycles. The van der Waals surface area contributed by atoms with Gasteiger partial charge in [0.1, 0.15) is 11.5 Å². The standard InChI is InChI=1S/C64H47N3O.C61H47N3O/c1-63(2)55-21-13-11-19-47(55)51-35-49-50-36-52-48-20-12-14-22-56(48)64(3,4)58(52)38-54(50)59(53(49)37-57(51)63)43-31-33-46(34-32-43)68-62-66-60(44-27-23-41(24-28-44)39-15-7-5-8-16-39)65-61(67-62)45-29-25-42(26-30-45)40-17-9-6-10-18-40;1-59(2)48-22-11-7-18-40(48)43-28-26-36(30-51(43)59)54-35-55(37-27-29-44-41-19-8-12-23-49(41)60(3,4)52(44)31-37)63-58(62-54)65-39-17-15-16-38(32-39)64-56-25-14-10-21-45(56)47-33-46-42-20-9-13-24-50(42)61(5,6)53(46)34-57(47)64/h5-38,59H,1-4H3;7-35H,1-6H3. The van der Waals surface area contributed by atoms with Gasteiger partial charge < -0.3 is 14.0 Å². The van der Waals surface area contributed by atoms with Crippen molar-refractivity contribution in [2.75, 3.05) is 0 Å². The molecule has 0 spiro atoms. The van der Waals surface area contributed by atoms with E-state index in [0.29, 0.717) is 29.2 Å². The molecule has 0 N–H and O–H groups in total. The van der Waals surface area contributed by atoms with Crippen LogP contribution in [0.3, 0.4) is 0 Å². The summed E-state index contributed by atoms with van der Waals surface area (Å²) < 4.78 is 15.9. The van der Waals surface area contributed by atoms with Crippen molar-refractivity contribution in [1.82, 2.24) is 29.5 Å². The lowest BCUT2D eigenvalue weighted by molar-refractivity contribution is 0.441. The molecule has 20 aromatic rings. The van der Waals surface area contributed by atoms with Gasteiger partial charge >= 0.3 is 12.0 Å². The molecule has 3 heterocycles. The molecule has 8 heteroatoms. The number of nitrogens with zero attached hydrogens (tertiary/aromatic N) is 6. The summed E-state index contributed by atoms with van der Waals surface area (Å²) in [5, 5.41) is 2.46. The highest BCUT2D eigenvalue weighted by molar-refractivity contribution is 6.12. The van der Waals surface area contributed by atoms with Crippen LogP contribution in [-0.2, 0) is 27.1 Å². The monoisotopic (exact) mass is 1710 g/mol. The highest BCUT2D eigenvalue weighted by Crippen LogP contribution is 2.61. The molecule has 133 heavy (non-hydrogen) atoms. The van der Waals surface area contributed by atoms with E-state index < -0.39 is 0 Å². The zero-order chi connectivity index (χ0) is 89.7. The Morgan fingerprint density at radius 1 is 0.218 bits per heavy atom. The van der Waals surface area contributed by atoms with Gasteiger partial charge in [0.15, 0.2) is 11.6 Å². The van der Waals surface area contributed by atoms with E-state index >= 15 is 0 Å². The van der Waals surface area contributed by atoms with E-state index in [0.717, 1.165) is 67.1 Å². The first-order valence-corrected chi connectivity index (χ1v) is 46.4. The van der Waals surface area contributed by atoms with E-state index in [2.05, 4.69) is 438 Å². The lowest BCUT2D eigenvalue weighted by atomic mass is 9.79. The second-order valence-electron chi connectivity index (χ2n) is 39.4. The number of hydrogen-bond donors (Lipinski definition) is 0. The molecule has 6 aliphatic carbocycles. The van der Waals surface area contributed by atoms with Gasteiger partial charge in [0.2, 0.25) is 0 Å². The van der Waals surface area contributed by atoms with Crippen LogP contribution < -0.4 is 9.47 Å². The first kappa shape index (κ1) is 79.4. The van der Waals surface area contributed by atoms with Crippen LogP contribution in [0.1, 0.15) is 147 Å². The van der Waals surface area contributed by atoms with Crippen molar-refractivity contribution in [1.29, 1.82) is 0 Å². The number of hydrogen-bond acceptors (Lipinski definition) is 7. The fourth-order valence-corrected chi connectivity index (χ4v) is 23.1. The van der Waals surface area contributed by atoms with Gasteiger partial charge in [-0.25, -0.2) is 4.98 Å². The second kappa shape index (κ2) is 29.6.